The molecule has 4 nitrogen and oxygen atoms in total. The zero-order chi connectivity index (χ0) is 9.26. The van der Waals surface area contributed by atoms with Gasteiger partial charge in [0.2, 0.25) is 0 Å². The third-order valence-corrected chi connectivity index (χ3v) is 3.56. The Morgan fingerprint density at radius 3 is 3.15 bits per heavy atom. The Hall–Kier alpha value is -1.36. The average molecular weight is 194 g/mol. The molecule has 0 amide bonds. The van der Waals surface area contributed by atoms with E-state index in [4.69, 9.17) is 0 Å². The topological polar surface area (TPSA) is 64.8 Å². The molecule has 0 N–H and O–H groups in total. The molecule has 0 aromatic carbocycles. The highest BCUT2D eigenvalue weighted by Gasteiger charge is 2.34. The Morgan fingerprint density at radius 1 is 1.54 bits per heavy atom. The van der Waals surface area contributed by atoms with E-state index in [0.717, 1.165) is 10.5 Å². The molecule has 66 valence electrons. The molecule has 2 aliphatic heterocycles. The summed E-state index contributed by atoms with van der Waals surface area (Å²) >= 11 is 0. The maximum Gasteiger partial charge on any atom is 0.279 e. The third-order valence-electron chi connectivity index (χ3n) is 1.78. The van der Waals surface area contributed by atoms with Gasteiger partial charge in [-0.25, -0.2) is 0 Å². The van der Waals surface area contributed by atoms with E-state index in [1.54, 1.807) is 12.3 Å². The lowest BCUT2D eigenvalue weighted by Gasteiger charge is -2.00. The molecule has 2 aliphatic rings. The molecular weight excluding hydrogens is 188 g/mol. The van der Waals surface area contributed by atoms with Gasteiger partial charge in [0.05, 0.1) is 17.1 Å². The van der Waals surface area contributed by atoms with Gasteiger partial charge in [0, 0.05) is 5.57 Å². The van der Waals surface area contributed by atoms with Gasteiger partial charge in [0.1, 0.15) is 12.0 Å². The predicted molar refractivity (Wildman–Crippen MR) is 47.8 cm³/mol. The lowest BCUT2D eigenvalue weighted by Crippen LogP contribution is -2.31. The molecule has 0 bridgehead atoms. The van der Waals surface area contributed by atoms with Crippen LogP contribution >= 0.6 is 0 Å². The molecule has 2 rings (SSSR count). The van der Waals surface area contributed by atoms with Crippen LogP contribution < -0.4 is 5.11 Å². The highest BCUT2D eigenvalue weighted by atomic mass is 32.2. The number of carbonyl (C=O) groups excluding carboxylic acids is 1. The maximum absolute atomic E-state index is 10.7. The number of fused-ring (bicyclic) bond motifs is 1. The minimum Gasteiger partial charge on any atom is -0.504 e. The number of hydrogen-bond acceptors (Lipinski definition) is 4. The first kappa shape index (κ1) is 8.25. The molecule has 0 saturated carbocycles. The van der Waals surface area contributed by atoms with E-state index in [9.17, 15) is 9.90 Å². The van der Waals surface area contributed by atoms with Gasteiger partial charge >= 0.3 is 0 Å². The van der Waals surface area contributed by atoms with E-state index in [2.05, 4.69) is 10.2 Å². The summed E-state index contributed by atoms with van der Waals surface area (Å²) < 4.78 is 0. The molecule has 5 heteroatoms. The lowest BCUT2D eigenvalue weighted by molar-refractivity contribution is -0.232. The monoisotopic (exact) mass is 194 g/mol. The first-order valence-corrected chi connectivity index (χ1v) is 5.07. The summed E-state index contributed by atoms with van der Waals surface area (Å²) in [6, 6.07) is 0. The Balaban J connectivity index is 2.36. The molecule has 13 heavy (non-hydrogen) atoms. The quantitative estimate of drug-likeness (QED) is 0.533. The van der Waals surface area contributed by atoms with Gasteiger partial charge in [-0.15, -0.1) is 0 Å². The van der Waals surface area contributed by atoms with E-state index in [0.29, 0.717) is 5.75 Å². The van der Waals surface area contributed by atoms with Gasteiger partial charge in [-0.3, -0.25) is 0 Å². The number of nitrogens with zero attached hydrogens (tertiary/aromatic N) is 2. The minimum atomic E-state index is -1.02. The summed E-state index contributed by atoms with van der Waals surface area (Å²) in [4.78, 5) is 11.4. The Bertz CT molecular complexity index is 368. The van der Waals surface area contributed by atoms with Gasteiger partial charge < -0.3 is 9.90 Å². The molecule has 2 heterocycles. The molecule has 0 aromatic rings. The summed E-state index contributed by atoms with van der Waals surface area (Å²) in [5.74, 6) is 0.517. The summed E-state index contributed by atoms with van der Waals surface area (Å²) in [5, 5.41) is 17.0. The summed E-state index contributed by atoms with van der Waals surface area (Å²) in [5.41, 5.74) is 0.900. The Morgan fingerprint density at radius 2 is 2.38 bits per heavy atom. The van der Waals surface area contributed by atoms with Crippen LogP contribution in [0.4, 0.5) is 4.79 Å². The van der Waals surface area contributed by atoms with Gasteiger partial charge in [0.25, 0.3) is 5.30 Å². The standard InChI is InChI=1S/C8H6N2O2S/c11-8(12)13-4-2-6-1-3-9-10-5-7(6)13/h1-3,5H,4H2. The maximum atomic E-state index is 10.7. The van der Waals surface area contributed by atoms with Crippen molar-refractivity contribution in [2.24, 2.45) is 10.2 Å². The van der Waals surface area contributed by atoms with Crippen LogP contribution in [0, 0.1) is 0 Å². The van der Waals surface area contributed by atoms with Gasteiger partial charge in [0.15, 0.2) is 4.91 Å². The largest absolute Gasteiger partial charge is 0.504 e. The zero-order valence-corrected chi connectivity index (χ0v) is 7.45. The fourth-order valence-corrected chi connectivity index (χ4v) is 2.64. The van der Waals surface area contributed by atoms with E-state index >= 15 is 0 Å². The number of carbonyl (C=O) groups is 1. The van der Waals surface area contributed by atoms with Crippen LogP contribution in [0.15, 0.2) is 45.3 Å². The van der Waals surface area contributed by atoms with E-state index in [1.165, 1.54) is 6.20 Å². The zero-order valence-electron chi connectivity index (χ0n) is 6.64. The smallest absolute Gasteiger partial charge is 0.279 e. The van der Waals surface area contributed by atoms with Crippen LogP contribution in [-0.2, 0) is 10.9 Å². The molecule has 0 spiro atoms. The van der Waals surface area contributed by atoms with E-state index in [1.807, 2.05) is 6.08 Å². The highest BCUT2D eigenvalue weighted by molar-refractivity contribution is 8.14. The predicted octanol–water partition coefficient (Wildman–Crippen LogP) is 0.709. The normalized spacial score (nSPS) is 24.8. The van der Waals surface area contributed by atoms with Crippen LogP contribution in [0.3, 0.4) is 0 Å². The molecular formula is C8H6N2O2S. The summed E-state index contributed by atoms with van der Waals surface area (Å²) in [6.07, 6.45) is 6.69. The van der Waals surface area contributed by atoms with Crippen molar-refractivity contribution in [3.05, 3.63) is 35.0 Å². The second-order valence-corrected chi connectivity index (χ2v) is 4.39. The fourth-order valence-electron chi connectivity index (χ4n) is 1.19. The number of hydrogen-bond donors (Lipinski definition) is 0. The molecule has 1 atom stereocenters. The van der Waals surface area contributed by atoms with Crippen molar-refractivity contribution in [3.63, 3.8) is 0 Å². The van der Waals surface area contributed by atoms with Gasteiger partial charge in [-0.1, -0.05) is 0 Å². The molecule has 0 saturated heterocycles. The number of azo groups is 1. The van der Waals surface area contributed by atoms with Crippen LogP contribution in [0.1, 0.15) is 0 Å². The van der Waals surface area contributed by atoms with E-state index in [-0.39, 0.29) is 0 Å². The summed E-state index contributed by atoms with van der Waals surface area (Å²) in [7, 11) is -0.838. The van der Waals surface area contributed by atoms with Gasteiger partial charge in [-0.05, 0) is 12.2 Å². The Kier molecular flexibility index (Phi) is 2.02. The highest BCUT2D eigenvalue weighted by Crippen LogP contribution is 2.29. The molecule has 0 fully saturated rings. The van der Waals surface area contributed by atoms with Crippen molar-refractivity contribution in [2.45, 2.75) is 0 Å². The third kappa shape index (κ3) is 1.42. The number of rotatable bonds is 0. The Labute approximate surface area is 77.7 Å². The number of allylic oxidation sites excluding steroid dienone is 2. The van der Waals surface area contributed by atoms with E-state index < -0.39 is 16.2 Å². The van der Waals surface area contributed by atoms with Crippen molar-refractivity contribution >= 4 is 16.2 Å². The first-order chi connectivity index (χ1) is 6.29. The summed E-state index contributed by atoms with van der Waals surface area (Å²) in [6.45, 7) is 0. The first-order valence-electron chi connectivity index (χ1n) is 3.68. The van der Waals surface area contributed by atoms with Crippen LogP contribution in [0.5, 0.6) is 0 Å². The van der Waals surface area contributed by atoms with Crippen molar-refractivity contribution in [3.8, 4) is 0 Å². The van der Waals surface area contributed by atoms with Crippen LogP contribution in [0.2, 0.25) is 0 Å². The second kappa shape index (κ2) is 3.18. The van der Waals surface area contributed by atoms with Crippen molar-refractivity contribution < 1.29 is 9.90 Å². The van der Waals surface area contributed by atoms with Crippen LogP contribution in [0.25, 0.3) is 0 Å². The average Bonchev–Trinajstić information content (AvgIpc) is 2.36. The molecule has 0 radical (unpaired) electrons. The molecule has 0 aliphatic carbocycles. The lowest BCUT2D eigenvalue weighted by atomic mass is 10.2. The second-order valence-electron chi connectivity index (χ2n) is 2.51. The van der Waals surface area contributed by atoms with Crippen LogP contribution in [-0.4, -0.2) is 11.1 Å². The molecule has 0 aromatic heterocycles. The number of carboxylic acid groups (broad SMARTS) is 1. The molecule has 1 unspecified atom stereocenters. The fraction of sp³-hybridized carbons (Fsp3) is 0.125. The van der Waals surface area contributed by atoms with Gasteiger partial charge in [-0.2, -0.15) is 10.2 Å². The van der Waals surface area contributed by atoms with Crippen molar-refractivity contribution in [2.75, 3.05) is 5.75 Å². The van der Waals surface area contributed by atoms with Crippen molar-refractivity contribution in [1.29, 1.82) is 0 Å². The van der Waals surface area contributed by atoms with Crippen molar-refractivity contribution in [1.82, 2.24) is 0 Å². The SMILES string of the molecule is O=C([O-])[S+]1CC=C2C=CN=NC=C21. The minimum absolute atomic E-state index is 0.517.